The lowest BCUT2D eigenvalue weighted by molar-refractivity contribution is -0.902. The number of methoxy groups -OCH3 is 1. The van der Waals surface area contributed by atoms with E-state index in [1.54, 1.807) is 7.11 Å². The number of nitrogens with zero attached hydrogens (tertiary/aromatic N) is 1. The molecule has 1 atom stereocenters. The summed E-state index contributed by atoms with van der Waals surface area (Å²) >= 11 is 0. The fourth-order valence-corrected chi connectivity index (χ4v) is 2.13. The summed E-state index contributed by atoms with van der Waals surface area (Å²) in [6.45, 7) is 4.82. The van der Waals surface area contributed by atoms with Crippen LogP contribution in [0, 0.1) is 0 Å². The van der Waals surface area contributed by atoms with E-state index in [1.807, 2.05) is 0 Å². The minimum absolute atomic E-state index is 0.658. The normalized spacial score (nSPS) is 23.8. The Labute approximate surface area is 99.1 Å². The van der Waals surface area contributed by atoms with Gasteiger partial charge in [-0.05, 0) is 0 Å². The molecule has 0 radical (unpaired) electrons. The third-order valence-corrected chi connectivity index (χ3v) is 3.37. The van der Waals surface area contributed by atoms with Gasteiger partial charge < -0.3 is 18.7 Å². The third kappa shape index (κ3) is 4.78. The SMILES string of the molecule is COCCOCCOCC1CCC[N+]1(C)C. The van der Waals surface area contributed by atoms with Gasteiger partial charge in [-0.1, -0.05) is 0 Å². The summed E-state index contributed by atoms with van der Waals surface area (Å²) in [5, 5.41) is 0. The smallest absolute Gasteiger partial charge is 0.112 e. The number of ether oxygens (including phenoxy) is 3. The highest BCUT2D eigenvalue weighted by molar-refractivity contribution is 4.64. The first-order valence-electron chi connectivity index (χ1n) is 6.14. The maximum atomic E-state index is 5.65. The second kappa shape index (κ2) is 7.22. The van der Waals surface area contributed by atoms with Gasteiger partial charge in [0, 0.05) is 20.0 Å². The Balaban J connectivity index is 1.95. The summed E-state index contributed by atoms with van der Waals surface area (Å²) in [6.07, 6.45) is 2.61. The molecule has 1 aliphatic rings. The zero-order valence-corrected chi connectivity index (χ0v) is 10.9. The van der Waals surface area contributed by atoms with E-state index < -0.39 is 0 Å². The van der Waals surface area contributed by atoms with Crippen LogP contribution in [0.5, 0.6) is 0 Å². The molecular formula is C12H26NO3+. The molecule has 0 aromatic heterocycles. The highest BCUT2D eigenvalue weighted by Gasteiger charge is 2.33. The van der Waals surface area contributed by atoms with E-state index >= 15 is 0 Å². The maximum Gasteiger partial charge on any atom is 0.112 e. The first kappa shape index (κ1) is 13.9. The molecule has 0 amide bonds. The zero-order valence-electron chi connectivity index (χ0n) is 10.9. The van der Waals surface area contributed by atoms with E-state index in [9.17, 15) is 0 Å². The first-order valence-corrected chi connectivity index (χ1v) is 6.14. The highest BCUT2D eigenvalue weighted by Crippen LogP contribution is 2.22. The highest BCUT2D eigenvalue weighted by atomic mass is 16.5. The lowest BCUT2D eigenvalue weighted by atomic mass is 10.2. The molecule has 1 fully saturated rings. The maximum absolute atomic E-state index is 5.65. The molecule has 1 saturated heterocycles. The van der Waals surface area contributed by atoms with Crippen molar-refractivity contribution < 1.29 is 18.7 Å². The van der Waals surface area contributed by atoms with Gasteiger partial charge >= 0.3 is 0 Å². The van der Waals surface area contributed by atoms with Gasteiger partial charge in [0.2, 0.25) is 0 Å². The monoisotopic (exact) mass is 232 g/mol. The fraction of sp³-hybridized carbons (Fsp3) is 1.00. The van der Waals surface area contributed by atoms with E-state index in [-0.39, 0.29) is 0 Å². The molecule has 0 bridgehead atoms. The summed E-state index contributed by atoms with van der Waals surface area (Å²) in [7, 11) is 6.26. The van der Waals surface area contributed by atoms with Gasteiger partial charge in [0.15, 0.2) is 0 Å². The van der Waals surface area contributed by atoms with Crippen molar-refractivity contribution in [2.75, 3.05) is 60.8 Å². The largest absolute Gasteiger partial charge is 0.382 e. The van der Waals surface area contributed by atoms with Crippen LogP contribution in [0.25, 0.3) is 0 Å². The lowest BCUT2D eigenvalue weighted by Gasteiger charge is -2.31. The summed E-state index contributed by atoms with van der Waals surface area (Å²) in [6, 6.07) is 0.666. The predicted octanol–water partition coefficient (Wildman–Crippen LogP) is 0.905. The van der Waals surface area contributed by atoms with Crippen LogP contribution >= 0.6 is 0 Å². The summed E-state index contributed by atoms with van der Waals surface area (Å²) in [5.41, 5.74) is 0. The van der Waals surface area contributed by atoms with Crippen LogP contribution in [0.2, 0.25) is 0 Å². The number of hydrogen-bond acceptors (Lipinski definition) is 3. The number of hydrogen-bond donors (Lipinski definition) is 0. The molecule has 4 nitrogen and oxygen atoms in total. The van der Waals surface area contributed by atoms with Crippen molar-refractivity contribution >= 4 is 0 Å². The van der Waals surface area contributed by atoms with Crippen molar-refractivity contribution in [3.63, 3.8) is 0 Å². The molecule has 4 heteroatoms. The summed E-state index contributed by atoms with van der Waals surface area (Å²) < 4.78 is 17.0. The van der Waals surface area contributed by atoms with Gasteiger partial charge in [0.25, 0.3) is 0 Å². The average molecular weight is 232 g/mol. The molecule has 0 saturated carbocycles. The Morgan fingerprint density at radius 2 is 1.75 bits per heavy atom. The molecule has 0 aromatic carbocycles. The number of rotatable bonds is 8. The van der Waals surface area contributed by atoms with Gasteiger partial charge in [-0.3, -0.25) is 0 Å². The van der Waals surface area contributed by atoms with E-state index in [0.717, 1.165) is 11.1 Å². The van der Waals surface area contributed by atoms with Crippen molar-refractivity contribution in [1.29, 1.82) is 0 Å². The second-order valence-electron chi connectivity index (χ2n) is 4.98. The van der Waals surface area contributed by atoms with E-state index in [1.165, 1.54) is 19.4 Å². The minimum Gasteiger partial charge on any atom is -0.382 e. The molecule has 1 aliphatic heterocycles. The first-order chi connectivity index (χ1) is 7.67. The van der Waals surface area contributed by atoms with Crippen molar-refractivity contribution in [2.24, 2.45) is 0 Å². The van der Waals surface area contributed by atoms with Crippen molar-refractivity contribution in [3.05, 3.63) is 0 Å². The molecule has 0 spiro atoms. The van der Waals surface area contributed by atoms with Gasteiger partial charge in [-0.15, -0.1) is 0 Å². The van der Waals surface area contributed by atoms with Gasteiger partial charge in [0.05, 0.1) is 53.7 Å². The second-order valence-corrected chi connectivity index (χ2v) is 4.98. The van der Waals surface area contributed by atoms with Gasteiger partial charge in [0.1, 0.15) is 6.04 Å². The lowest BCUT2D eigenvalue weighted by Crippen LogP contribution is -2.46. The van der Waals surface area contributed by atoms with Crippen molar-refractivity contribution in [2.45, 2.75) is 18.9 Å². The molecule has 1 rings (SSSR count). The van der Waals surface area contributed by atoms with Crippen LogP contribution in [0.1, 0.15) is 12.8 Å². The molecule has 1 unspecified atom stereocenters. The minimum atomic E-state index is 0.658. The standard InChI is InChI=1S/C12H26NO3/c1-13(2)6-4-5-12(13)11-16-10-9-15-8-7-14-3/h12H,4-11H2,1-3H3/q+1. The van der Waals surface area contributed by atoms with Crippen LogP contribution in [-0.2, 0) is 14.2 Å². The molecule has 1 heterocycles. The number of likely N-dealkylation sites (tertiary alicyclic amines) is 1. The summed E-state index contributed by atoms with van der Waals surface area (Å²) in [5.74, 6) is 0. The summed E-state index contributed by atoms with van der Waals surface area (Å²) in [4.78, 5) is 0. The number of likely N-dealkylation sites (N-methyl/N-ethyl adjacent to an activating group) is 1. The third-order valence-electron chi connectivity index (χ3n) is 3.37. The van der Waals surface area contributed by atoms with Crippen molar-refractivity contribution in [3.8, 4) is 0 Å². The number of quaternary nitrogens is 1. The van der Waals surface area contributed by atoms with Crippen molar-refractivity contribution in [1.82, 2.24) is 0 Å². The quantitative estimate of drug-likeness (QED) is 0.460. The molecule has 96 valence electrons. The fourth-order valence-electron chi connectivity index (χ4n) is 2.13. The Morgan fingerprint density at radius 1 is 1.06 bits per heavy atom. The molecule has 0 N–H and O–H groups in total. The van der Waals surface area contributed by atoms with Crippen LogP contribution in [0.4, 0.5) is 0 Å². The van der Waals surface area contributed by atoms with Crippen LogP contribution in [0.3, 0.4) is 0 Å². The van der Waals surface area contributed by atoms with E-state index in [0.29, 0.717) is 32.5 Å². The molecule has 0 aliphatic carbocycles. The Kier molecular flexibility index (Phi) is 6.28. The average Bonchev–Trinajstić information content (AvgIpc) is 2.57. The molecular weight excluding hydrogens is 206 g/mol. The molecule has 0 aromatic rings. The zero-order chi connectivity index (χ0) is 11.9. The molecule has 16 heavy (non-hydrogen) atoms. The Bertz CT molecular complexity index is 185. The topological polar surface area (TPSA) is 27.7 Å². The van der Waals surface area contributed by atoms with E-state index in [2.05, 4.69) is 14.1 Å². The Morgan fingerprint density at radius 3 is 2.38 bits per heavy atom. The van der Waals surface area contributed by atoms with Gasteiger partial charge in [-0.2, -0.15) is 0 Å². The van der Waals surface area contributed by atoms with Crippen LogP contribution < -0.4 is 0 Å². The Hall–Kier alpha value is -0.160. The van der Waals surface area contributed by atoms with Crippen LogP contribution in [0.15, 0.2) is 0 Å². The predicted molar refractivity (Wildman–Crippen MR) is 63.5 cm³/mol. The van der Waals surface area contributed by atoms with Gasteiger partial charge in [-0.25, -0.2) is 0 Å². The van der Waals surface area contributed by atoms with E-state index in [4.69, 9.17) is 14.2 Å². The van der Waals surface area contributed by atoms with Crippen LogP contribution in [-0.4, -0.2) is 71.3 Å².